The Morgan fingerprint density at radius 3 is 2.72 bits per heavy atom. The van der Waals surface area contributed by atoms with Crippen LogP contribution in [0.1, 0.15) is 49.6 Å². The molecular weight excluding hydrogens is 252 g/mol. The van der Waals surface area contributed by atoms with E-state index in [2.05, 4.69) is 6.92 Å². The number of carbonyl (C=O) groups is 2. The number of furan rings is 1. The highest BCUT2D eigenvalue weighted by molar-refractivity contribution is 6.48. The van der Waals surface area contributed by atoms with Gasteiger partial charge >= 0.3 is 0 Å². The fraction of sp³-hybridized carbons (Fsp3) is 0.429. The third-order valence-electron chi connectivity index (χ3n) is 2.53. The lowest BCUT2D eigenvalue weighted by molar-refractivity contribution is -0.111. The second-order valence-corrected chi connectivity index (χ2v) is 4.56. The molecule has 0 spiro atoms. The van der Waals surface area contributed by atoms with Gasteiger partial charge < -0.3 is 4.42 Å². The van der Waals surface area contributed by atoms with Gasteiger partial charge in [-0.1, -0.05) is 37.8 Å². The lowest BCUT2D eigenvalue weighted by atomic mass is 10.1. The smallest absolute Gasteiger partial charge is 0.267 e. The number of ketones is 2. The number of hydrogen-bond donors (Lipinski definition) is 0. The summed E-state index contributed by atoms with van der Waals surface area (Å²) in [6.07, 6.45) is 7.51. The van der Waals surface area contributed by atoms with Crippen molar-refractivity contribution in [3.8, 4) is 0 Å². The van der Waals surface area contributed by atoms with Crippen LogP contribution in [0.5, 0.6) is 0 Å². The molecule has 0 unspecified atom stereocenters. The summed E-state index contributed by atoms with van der Waals surface area (Å²) in [5.74, 6) is -1.25. The maximum atomic E-state index is 11.6. The van der Waals surface area contributed by atoms with Crippen LogP contribution < -0.4 is 0 Å². The van der Waals surface area contributed by atoms with Crippen LogP contribution in [-0.2, 0) is 4.79 Å². The summed E-state index contributed by atoms with van der Waals surface area (Å²) in [4.78, 5) is 23.1. The minimum atomic E-state index is -0.660. The van der Waals surface area contributed by atoms with Crippen molar-refractivity contribution in [2.75, 3.05) is 0 Å². The average molecular weight is 269 g/mol. The van der Waals surface area contributed by atoms with Crippen molar-refractivity contribution in [3.63, 3.8) is 0 Å². The summed E-state index contributed by atoms with van der Waals surface area (Å²) in [5, 5.41) is 0.427. The zero-order valence-corrected chi connectivity index (χ0v) is 11.2. The monoisotopic (exact) mass is 268 g/mol. The average Bonchev–Trinajstić information content (AvgIpc) is 2.87. The number of hydrogen-bond acceptors (Lipinski definition) is 3. The van der Waals surface area contributed by atoms with Gasteiger partial charge in [-0.3, -0.25) is 9.59 Å². The molecule has 1 aromatic rings. The van der Waals surface area contributed by atoms with Crippen LogP contribution >= 0.6 is 11.6 Å². The van der Waals surface area contributed by atoms with E-state index in [9.17, 15) is 9.59 Å². The molecular formula is C14H17ClO3. The van der Waals surface area contributed by atoms with Crippen LogP contribution in [0.15, 0.2) is 33.9 Å². The molecule has 0 bridgehead atoms. The predicted molar refractivity (Wildman–Crippen MR) is 70.7 cm³/mol. The molecule has 4 heteroatoms. The molecule has 0 amide bonds. The Morgan fingerprint density at radius 1 is 1.33 bits per heavy atom. The highest BCUT2D eigenvalue weighted by atomic mass is 35.5. The molecule has 0 fully saturated rings. The summed E-state index contributed by atoms with van der Waals surface area (Å²) >= 11 is 5.92. The van der Waals surface area contributed by atoms with Gasteiger partial charge in [0.15, 0.2) is 5.76 Å². The van der Waals surface area contributed by atoms with E-state index >= 15 is 0 Å². The Kier molecular flexibility index (Phi) is 6.44. The molecule has 0 aliphatic carbocycles. The lowest BCUT2D eigenvalue weighted by Gasteiger charge is -1.98. The summed E-state index contributed by atoms with van der Waals surface area (Å²) in [7, 11) is 0. The molecule has 98 valence electrons. The molecule has 0 saturated carbocycles. The topological polar surface area (TPSA) is 47.3 Å². The van der Waals surface area contributed by atoms with Crippen molar-refractivity contribution in [1.82, 2.24) is 0 Å². The van der Waals surface area contributed by atoms with Gasteiger partial charge in [0.05, 0.1) is 6.26 Å². The zero-order chi connectivity index (χ0) is 13.4. The normalized spacial score (nSPS) is 11.6. The molecule has 0 aliphatic heterocycles. The van der Waals surface area contributed by atoms with Crippen molar-refractivity contribution in [2.24, 2.45) is 0 Å². The number of unbranched alkanes of at least 4 members (excludes halogenated alkanes) is 3. The number of Topliss-reactive ketones (excluding diaryl/α,β-unsaturated/α-hetero) is 1. The fourth-order valence-corrected chi connectivity index (χ4v) is 1.76. The minimum absolute atomic E-state index is 0.0479. The Bertz CT molecular complexity index is 418. The number of allylic oxidation sites excluding steroid dienone is 2. The lowest BCUT2D eigenvalue weighted by Crippen LogP contribution is -2.10. The van der Waals surface area contributed by atoms with E-state index in [0.717, 1.165) is 25.7 Å². The van der Waals surface area contributed by atoms with E-state index < -0.39 is 11.6 Å². The van der Waals surface area contributed by atoms with Crippen molar-refractivity contribution in [1.29, 1.82) is 0 Å². The van der Waals surface area contributed by atoms with E-state index in [-0.39, 0.29) is 5.76 Å². The van der Waals surface area contributed by atoms with Crippen LogP contribution in [0.3, 0.4) is 0 Å². The van der Waals surface area contributed by atoms with E-state index in [0.29, 0.717) is 11.5 Å². The summed E-state index contributed by atoms with van der Waals surface area (Å²) in [6, 6.07) is 3.03. The third kappa shape index (κ3) is 4.88. The summed E-state index contributed by atoms with van der Waals surface area (Å²) in [6.45, 7) is 2.13. The summed E-state index contributed by atoms with van der Waals surface area (Å²) in [5.41, 5.74) is 0. The van der Waals surface area contributed by atoms with E-state index in [1.54, 1.807) is 6.07 Å². The molecule has 18 heavy (non-hydrogen) atoms. The molecule has 1 rings (SSSR count). The van der Waals surface area contributed by atoms with Gasteiger partial charge in [-0.15, -0.1) is 0 Å². The van der Waals surface area contributed by atoms with E-state index in [1.807, 2.05) is 0 Å². The molecule has 3 nitrogen and oxygen atoms in total. The summed E-state index contributed by atoms with van der Waals surface area (Å²) < 4.78 is 4.87. The third-order valence-corrected chi connectivity index (χ3v) is 2.82. The molecule has 0 atom stereocenters. The first kappa shape index (κ1) is 14.7. The predicted octanol–water partition coefficient (Wildman–Crippen LogP) is 4.12. The van der Waals surface area contributed by atoms with Gasteiger partial charge in [-0.25, -0.2) is 0 Å². The second-order valence-electron chi connectivity index (χ2n) is 4.07. The molecule has 0 radical (unpaired) electrons. The number of rotatable bonds is 8. The Morgan fingerprint density at radius 2 is 2.11 bits per heavy atom. The van der Waals surface area contributed by atoms with Crippen LogP contribution in [0.25, 0.3) is 0 Å². The van der Waals surface area contributed by atoms with Crippen molar-refractivity contribution < 1.29 is 14.0 Å². The Labute approximate surface area is 112 Å². The van der Waals surface area contributed by atoms with Crippen molar-refractivity contribution in [2.45, 2.75) is 39.0 Å². The zero-order valence-electron chi connectivity index (χ0n) is 10.4. The molecule has 0 aromatic carbocycles. The molecule has 1 aromatic heterocycles. The van der Waals surface area contributed by atoms with Crippen LogP contribution in [-0.4, -0.2) is 11.6 Å². The first-order valence-electron chi connectivity index (χ1n) is 6.13. The molecule has 0 aliphatic rings. The van der Waals surface area contributed by atoms with Gasteiger partial charge in [-0.05, 0) is 25.0 Å². The Balaban J connectivity index is 2.44. The SMILES string of the molecule is CCCCCC/C(Cl)=C/C(=O)C(=O)c1ccco1. The van der Waals surface area contributed by atoms with Crippen LogP contribution in [0.2, 0.25) is 0 Å². The van der Waals surface area contributed by atoms with E-state index in [4.69, 9.17) is 16.0 Å². The first-order chi connectivity index (χ1) is 8.65. The second kappa shape index (κ2) is 7.88. The maximum absolute atomic E-state index is 11.6. The highest BCUT2D eigenvalue weighted by Crippen LogP contribution is 2.14. The minimum Gasteiger partial charge on any atom is -0.461 e. The Hall–Kier alpha value is -1.35. The van der Waals surface area contributed by atoms with Gasteiger partial charge in [0.1, 0.15) is 0 Å². The molecule has 1 heterocycles. The number of carbonyl (C=O) groups excluding carboxylic acids is 2. The van der Waals surface area contributed by atoms with Crippen LogP contribution in [0, 0.1) is 0 Å². The van der Waals surface area contributed by atoms with Crippen molar-refractivity contribution >= 4 is 23.2 Å². The van der Waals surface area contributed by atoms with Gasteiger partial charge in [-0.2, -0.15) is 0 Å². The van der Waals surface area contributed by atoms with Crippen molar-refractivity contribution in [3.05, 3.63) is 35.3 Å². The van der Waals surface area contributed by atoms with E-state index in [1.165, 1.54) is 18.4 Å². The standard InChI is InChI=1S/C14H17ClO3/c1-2-3-4-5-7-11(15)10-12(16)14(17)13-8-6-9-18-13/h6,8-10H,2-5,7H2,1H3/b11-10-. The van der Waals surface area contributed by atoms with Gasteiger partial charge in [0.2, 0.25) is 5.78 Å². The number of halogens is 1. The quantitative estimate of drug-likeness (QED) is 0.308. The molecule has 0 saturated heterocycles. The van der Waals surface area contributed by atoms with Crippen LogP contribution in [0.4, 0.5) is 0 Å². The van der Waals surface area contributed by atoms with Gasteiger partial charge in [0.25, 0.3) is 5.78 Å². The largest absolute Gasteiger partial charge is 0.461 e. The van der Waals surface area contributed by atoms with Gasteiger partial charge in [0, 0.05) is 11.1 Å². The first-order valence-corrected chi connectivity index (χ1v) is 6.51. The fourth-order valence-electron chi connectivity index (χ4n) is 1.53. The highest BCUT2D eigenvalue weighted by Gasteiger charge is 2.16. The molecule has 0 N–H and O–H groups in total. The maximum Gasteiger partial charge on any atom is 0.267 e.